The lowest BCUT2D eigenvalue weighted by molar-refractivity contribution is 0.783. The van der Waals surface area contributed by atoms with E-state index in [2.05, 4.69) is 59.0 Å². The van der Waals surface area contributed by atoms with Crippen molar-refractivity contribution in [1.29, 1.82) is 0 Å². The maximum Gasteiger partial charge on any atom is 0.225 e. The first-order chi connectivity index (χ1) is 9.99. The van der Waals surface area contributed by atoms with Crippen molar-refractivity contribution in [3.8, 4) is 0 Å². The summed E-state index contributed by atoms with van der Waals surface area (Å²) in [6.07, 6.45) is 0. The molecule has 0 saturated carbocycles. The van der Waals surface area contributed by atoms with Crippen molar-refractivity contribution in [3.63, 3.8) is 0 Å². The zero-order valence-corrected chi connectivity index (χ0v) is 13.3. The molecular formula is C17H24N4. The van der Waals surface area contributed by atoms with E-state index >= 15 is 0 Å². The lowest BCUT2D eigenvalue weighted by atomic mass is 10.1. The average molecular weight is 284 g/mol. The number of hydrogen-bond acceptors (Lipinski definition) is 4. The summed E-state index contributed by atoms with van der Waals surface area (Å²) in [4.78, 5) is 11.3. The monoisotopic (exact) mass is 284 g/mol. The van der Waals surface area contributed by atoms with E-state index in [-0.39, 0.29) is 0 Å². The Bertz CT molecular complexity index is 590. The Kier molecular flexibility index (Phi) is 4.91. The molecule has 21 heavy (non-hydrogen) atoms. The number of aryl methyl sites for hydroxylation is 1. The zero-order valence-electron chi connectivity index (χ0n) is 13.3. The predicted octanol–water partition coefficient (Wildman–Crippen LogP) is 3.00. The van der Waals surface area contributed by atoms with Gasteiger partial charge in [0.1, 0.15) is 0 Å². The van der Waals surface area contributed by atoms with Crippen molar-refractivity contribution >= 4 is 5.95 Å². The average Bonchev–Trinajstić information content (AvgIpc) is 2.47. The number of aromatic nitrogens is 2. The van der Waals surface area contributed by atoms with E-state index in [1.807, 2.05) is 14.0 Å². The van der Waals surface area contributed by atoms with E-state index < -0.39 is 0 Å². The van der Waals surface area contributed by atoms with Gasteiger partial charge in [-0.2, -0.15) is 0 Å². The number of nitrogens with zero attached hydrogens (tertiary/aromatic N) is 3. The topological polar surface area (TPSA) is 55.0 Å². The highest BCUT2D eigenvalue weighted by Crippen LogP contribution is 2.17. The van der Waals surface area contributed by atoms with Crippen LogP contribution in [0.15, 0.2) is 30.3 Å². The molecule has 2 N–H and O–H groups in total. The third-order valence-electron chi connectivity index (χ3n) is 3.47. The summed E-state index contributed by atoms with van der Waals surface area (Å²) in [5.74, 6) is 1.18. The summed E-state index contributed by atoms with van der Waals surface area (Å²) >= 11 is 0. The highest BCUT2D eigenvalue weighted by Gasteiger charge is 2.10. The van der Waals surface area contributed by atoms with Crippen LogP contribution in [0, 0.1) is 6.92 Å². The molecule has 4 heteroatoms. The van der Waals surface area contributed by atoms with Crippen molar-refractivity contribution in [2.75, 3.05) is 11.9 Å². The molecule has 2 aromatic rings. The lowest BCUT2D eigenvalue weighted by Gasteiger charge is -2.19. The van der Waals surface area contributed by atoms with Crippen molar-refractivity contribution < 1.29 is 0 Å². The summed E-state index contributed by atoms with van der Waals surface area (Å²) in [5, 5.41) is 0. The van der Waals surface area contributed by atoms with Gasteiger partial charge in [0.2, 0.25) is 5.95 Å². The fourth-order valence-electron chi connectivity index (χ4n) is 2.17. The minimum absolute atomic E-state index is 0.405. The van der Waals surface area contributed by atoms with Crippen LogP contribution in [0.5, 0.6) is 0 Å². The molecule has 0 saturated heterocycles. The Morgan fingerprint density at radius 3 is 2.29 bits per heavy atom. The number of hydrogen-bond donors (Lipinski definition) is 1. The zero-order chi connectivity index (χ0) is 15.4. The first-order valence-electron chi connectivity index (χ1n) is 7.34. The van der Waals surface area contributed by atoms with Crippen molar-refractivity contribution in [1.82, 2.24) is 9.97 Å². The molecule has 2 rings (SSSR count). The van der Waals surface area contributed by atoms with Crippen molar-refractivity contribution in [2.24, 2.45) is 5.73 Å². The van der Waals surface area contributed by atoms with Crippen LogP contribution in [0.3, 0.4) is 0 Å². The number of anilines is 1. The summed E-state index contributed by atoms with van der Waals surface area (Å²) < 4.78 is 0. The molecule has 1 aromatic heterocycles. The molecule has 112 valence electrons. The van der Waals surface area contributed by atoms with Gasteiger partial charge in [-0.05, 0) is 30.0 Å². The Labute approximate surface area is 127 Å². The quantitative estimate of drug-likeness (QED) is 0.917. The van der Waals surface area contributed by atoms with E-state index in [1.54, 1.807) is 0 Å². The van der Waals surface area contributed by atoms with Crippen LogP contribution in [0.4, 0.5) is 5.95 Å². The van der Waals surface area contributed by atoms with Gasteiger partial charge in [-0.25, -0.2) is 9.97 Å². The number of rotatable bonds is 5. The van der Waals surface area contributed by atoms with Crippen molar-refractivity contribution in [2.45, 2.75) is 39.8 Å². The molecule has 0 amide bonds. The van der Waals surface area contributed by atoms with E-state index in [1.165, 1.54) is 5.56 Å². The van der Waals surface area contributed by atoms with Gasteiger partial charge in [0.15, 0.2) is 0 Å². The van der Waals surface area contributed by atoms with Gasteiger partial charge in [0.25, 0.3) is 0 Å². The van der Waals surface area contributed by atoms with Gasteiger partial charge >= 0.3 is 0 Å². The molecule has 0 unspecified atom stereocenters. The van der Waals surface area contributed by atoms with E-state index in [4.69, 9.17) is 5.73 Å². The molecule has 1 heterocycles. The first kappa shape index (κ1) is 15.4. The smallest absolute Gasteiger partial charge is 0.225 e. The van der Waals surface area contributed by atoms with Crippen LogP contribution < -0.4 is 10.6 Å². The molecule has 0 aliphatic heterocycles. The minimum Gasteiger partial charge on any atom is -0.340 e. The van der Waals surface area contributed by atoms with Crippen LogP contribution in [0.1, 0.15) is 42.3 Å². The Hall–Kier alpha value is -1.94. The largest absolute Gasteiger partial charge is 0.340 e. The molecule has 0 spiro atoms. The van der Waals surface area contributed by atoms with Gasteiger partial charge in [0.05, 0.1) is 0 Å². The van der Waals surface area contributed by atoms with Gasteiger partial charge < -0.3 is 10.6 Å². The van der Waals surface area contributed by atoms with Gasteiger partial charge in [-0.3, -0.25) is 0 Å². The molecule has 0 fully saturated rings. The van der Waals surface area contributed by atoms with Crippen molar-refractivity contribution in [3.05, 3.63) is 52.8 Å². The number of nitrogens with two attached hydrogens (primary N) is 1. The van der Waals surface area contributed by atoms with Gasteiger partial charge in [-0.1, -0.05) is 38.1 Å². The van der Waals surface area contributed by atoms with Crippen LogP contribution in [-0.4, -0.2) is 17.0 Å². The second-order valence-electron chi connectivity index (χ2n) is 5.77. The van der Waals surface area contributed by atoms with Gasteiger partial charge in [0, 0.05) is 31.5 Å². The van der Waals surface area contributed by atoms with E-state index in [9.17, 15) is 0 Å². The third kappa shape index (κ3) is 4.02. The highest BCUT2D eigenvalue weighted by atomic mass is 15.2. The molecule has 0 bridgehead atoms. The van der Waals surface area contributed by atoms with E-state index in [0.717, 1.165) is 29.4 Å². The summed E-state index contributed by atoms with van der Waals surface area (Å²) in [6.45, 7) is 7.68. The van der Waals surface area contributed by atoms with Gasteiger partial charge in [-0.15, -0.1) is 0 Å². The molecule has 4 nitrogen and oxygen atoms in total. The minimum atomic E-state index is 0.405. The summed E-state index contributed by atoms with van der Waals surface area (Å²) in [6, 6.07) is 10.4. The molecule has 1 aromatic carbocycles. The summed E-state index contributed by atoms with van der Waals surface area (Å²) in [7, 11) is 2.02. The lowest BCUT2D eigenvalue weighted by Crippen LogP contribution is -2.20. The van der Waals surface area contributed by atoms with Crippen LogP contribution in [0.25, 0.3) is 0 Å². The van der Waals surface area contributed by atoms with Crippen LogP contribution in [-0.2, 0) is 13.1 Å². The Balaban J connectivity index is 2.17. The fourth-order valence-corrected chi connectivity index (χ4v) is 2.17. The molecule has 0 aliphatic rings. The maximum absolute atomic E-state index is 5.62. The molecule has 0 aliphatic carbocycles. The second kappa shape index (κ2) is 6.68. The fraction of sp³-hybridized carbons (Fsp3) is 0.412. The molecule has 0 radical (unpaired) electrons. The highest BCUT2D eigenvalue weighted by molar-refractivity contribution is 5.34. The standard InChI is InChI=1S/C17H24N4/c1-12(2)16-9-13(3)19-17(20-16)21(4)11-15-7-5-14(10-18)6-8-15/h5-9,12H,10-11,18H2,1-4H3. The first-order valence-corrected chi connectivity index (χ1v) is 7.34. The molecule has 0 atom stereocenters. The van der Waals surface area contributed by atoms with Crippen LogP contribution >= 0.6 is 0 Å². The summed E-state index contributed by atoms with van der Waals surface area (Å²) in [5.41, 5.74) is 10.1. The Morgan fingerprint density at radius 2 is 1.71 bits per heavy atom. The molecular weight excluding hydrogens is 260 g/mol. The van der Waals surface area contributed by atoms with Crippen LogP contribution in [0.2, 0.25) is 0 Å². The maximum atomic E-state index is 5.62. The number of benzene rings is 1. The van der Waals surface area contributed by atoms with E-state index in [0.29, 0.717) is 12.5 Å². The normalized spacial score (nSPS) is 11.0. The predicted molar refractivity (Wildman–Crippen MR) is 87.3 cm³/mol. The SMILES string of the molecule is Cc1cc(C(C)C)nc(N(C)Cc2ccc(CN)cc2)n1. The second-order valence-corrected chi connectivity index (χ2v) is 5.77. The third-order valence-corrected chi connectivity index (χ3v) is 3.47. The Morgan fingerprint density at radius 1 is 1.10 bits per heavy atom.